The molecule has 1 saturated carbocycles. The second-order valence-electron chi connectivity index (χ2n) is 6.09. The van der Waals surface area contributed by atoms with Gasteiger partial charge in [-0.2, -0.15) is 0 Å². The van der Waals surface area contributed by atoms with Crippen LogP contribution in [0, 0.1) is 5.92 Å². The molecule has 1 aromatic rings. The van der Waals surface area contributed by atoms with Gasteiger partial charge < -0.3 is 20.7 Å². The summed E-state index contributed by atoms with van der Waals surface area (Å²) >= 11 is 0. The second kappa shape index (κ2) is 10.7. The molecule has 0 radical (unpaired) electrons. The van der Waals surface area contributed by atoms with E-state index in [1.807, 2.05) is 26.0 Å². The van der Waals surface area contributed by atoms with Gasteiger partial charge in [0.2, 0.25) is 5.91 Å². The molecule has 1 aliphatic rings. The third-order valence-corrected chi connectivity index (χ3v) is 4.00. The molecule has 0 atom stereocenters. The average molecular weight is 346 g/mol. The molecule has 1 fully saturated rings. The number of aliphatic imine (C=N–C) groups is 1. The highest BCUT2D eigenvalue weighted by Gasteiger charge is 2.28. The topological polar surface area (TPSA) is 74.8 Å². The Morgan fingerprint density at radius 3 is 2.52 bits per heavy atom. The zero-order valence-electron chi connectivity index (χ0n) is 15.3. The van der Waals surface area contributed by atoms with Crippen LogP contribution in [0.3, 0.4) is 0 Å². The van der Waals surface area contributed by atoms with E-state index in [0.29, 0.717) is 32.8 Å². The summed E-state index contributed by atoms with van der Waals surface area (Å²) in [5, 5.41) is 9.44. The van der Waals surface area contributed by atoms with E-state index in [1.54, 1.807) is 0 Å². The van der Waals surface area contributed by atoms with Gasteiger partial charge in [-0.15, -0.1) is 0 Å². The van der Waals surface area contributed by atoms with E-state index >= 15 is 0 Å². The number of hydrogen-bond donors (Lipinski definition) is 3. The molecule has 0 heterocycles. The lowest BCUT2D eigenvalue weighted by molar-refractivity contribution is -0.122. The predicted octanol–water partition coefficient (Wildman–Crippen LogP) is 1.80. The molecule has 0 aliphatic heterocycles. The van der Waals surface area contributed by atoms with Crippen LogP contribution >= 0.6 is 0 Å². The van der Waals surface area contributed by atoms with Crippen LogP contribution in [0.1, 0.15) is 37.8 Å². The molecule has 1 aliphatic carbocycles. The van der Waals surface area contributed by atoms with Gasteiger partial charge in [0.25, 0.3) is 0 Å². The fraction of sp³-hybridized carbons (Fsp3) is 0.579. The number of guanidine groups is 1. The number of amides is 1. The highest BCUT2D eigenvalue weighted by Crippen LogP contribution is 2.28. The molecule has 25 heavy (non-hydrogen) atoms. The zero-order valence-corrected chi connectivity index (χ0v) is 15.3. The maximum absolute atomic E-state index is 11.6. The lowest BCUT2D eigenvalue weighted by atomic mass is 10.1. The number of nitrogens with zero attached hydrogens (tertiary/aromatic N) is 1. The van der Waals surface area contributed by atoms with Gasteiger partial charge in [-0.3, -0.25) is 4.79 Å². The normalized spacial score (nSPS) is 14.2. The summed E-state index contributed by atoms with van der Waals surface area (Å²) in [6.07, 6.45) is 2.06. The number of benzene rings is 1. The first-order chi connectivity index (χ1) is 12.2. The van der Waals surface area contributed by atoms with Crippen molar-refractivity contribution in [1.82, 2.24) is 16.0 Å². The Hall–Kier alpha value is -2.08. The van der Waals surface area contributed by atoms with Crippen LogP contribution in [0.5, 0.6) is 0 Å². The standard InChI is InChI=1S/C19H30N4O2/c1-3-20-19(22-12-11-21-18(24)15-9-10-15)23-13-16-7-5-6-8-17(16)14-25-4-2/h5-8,15H,3-4,9-14H2,1-2H3,(H,21,24)(H2,20,22,23). The molecule has 6 nitrogen and oxygen atoms in total. The molecular formula is C19H30N4O2. The molecule has 138 valence electrons. The minimum atomic E-state index is 0.175. The third-order valence-electron chi connectivity index (χ3n) is 4.00. The van der Waals surface area contributed by atoms with Crippen molar-refractivity contribution in [3.8, 4) is 0 Å². The summed E-state index contributed by atoms with van der Waals surface area (Å²) in [5.41, 5.74) is 2.33. The zero-order chi connectivity index (χ0) is 17.9. The molecule has 0 saturated heterocycles. The largest absolute Gasteiger partial charge is 0.377 e. The van der Waals surface area contributed by atoms with Gasteiger partial charge in [0, 0.05) is 32.2 Å². The SMILES string of the molecule is CCNC(=NCc1ccccc1COCC)NCCNC(=O)C1CC1. The second-order valence-corrected chi connectivity index (χ2v) is 6.09. The fourth-order valence-electron chi connectivity index (χ4n) is 2.43. The minimum Gasteiger partial charge on any atom is -0.377 e. The lowest BCUT2D eigenvalue weighted by Crippen LogP contribution is -2.41. The van der Waals surface area contributed by atoms with Crippen molar-refractivity contribution >= 4 is 11.9 Å². The van der Waals surface area contributed by atoms with Gasteiger partial charge >= 0.3 is 0 Å². The third kappa shape index (κ3) is 7.13. The maximum Gasteiger partial charge on any atom is 0.223 e. The Labute approximate surface area is 150 Å². The average Bonchev–Trinajstić information content (AvgIpc) is 3.47. The van der Waals surface area contributed by atoms with Crippen molar-refractivity contribution in [2.45, 2.75) is 39.8 Å². The van der Waals surface area contributed by atoms with Gasteiger partial charge in [0.1, 0.15) is 0 Å². The van der Waals surface area contributed by atoms with Crippen LogP contribution in [0.2, 0.25) is 0 Å². The van der Waals surface area contributed by atoms with Crippen LogP contribution < -0.4 is 16.0 Å². The summed E-state index contributed by atoms with van der Waals surface area (Å²) in [5.74, 6) is 1.19. The van der Waals surface area contributed by atoms with E-state index in [-0.39, 0.29) is 11.8 Å². The van der Waals surface area contributed by atoms with E-state index < -0.39 is 0 Å². The van der Waals surface area contributed by atoms with Crippen molar-refractivity contribution < 1.29 is 9.53 Å². The number of carbonyl (C=O) groups excluding carboxylic acids is 1. The predicted molar refractivity (Wildman–Crippen MR) is 100 cm³/mol. The molecule has 1 amide bonds. The first-order valence-electron chi connectivity index (χ1n) is 9.19. The fourth-order valence-corrected chi connectivity index (χ4v) is 2.43. The minimum absolute atomic E-state index is 0.175. The Balaban J connectivity index is 1.82. The van der Waals surface area contributed by atoms with Crippen molar-refractivity contribution in [2.75, 3.05) is 26.2 Å². The highest BCUT2D eigenvalue weighted by molar-refractivity contribution is 5.81. The van der Waals surface area contributed by atoms with Crippen LogP contribution in [-0.2, 0) is 22.7 Å². The summed E-state index contributed by atoms with van der Waals surface area (Å²) < 4.78 is 5.52. The summed E-state index contributed by atoms with van der Waals surface area (Å²) in [6, 6.07) is 8.20. The van der Waals surface area contributed by atoms with Gasteiger partial charge in [-0.25, -0.2) is 4.99 Å². The van der Waals surface area contributed by atoms with Gasteiger partial charge in [-0.05, 0) is 37.8 Å². The molecular weight excluding hydrogens is 316 g/mol. The van der Waals surface area contributed by atoms with Crippen LogP contribution in [0.4, 0.5) is 0 Å². The smallest absolute Gasteiger partial charge is 0.223 e. The summed E-state index contributed by atoms with van der Waals surface area (Å²) in [4.78, 5) is 16.3. The first kappa shape index (κ1) is 19.2. The quantitative estimate of drug-likeness (QED) is 0.343. The number of ether oxygens (including phenoxy) is 1. The maximum atomic E-state index is 11.6. The number of carbonyl (C=O) groups is 1. The molecule has 0 bridgehead atoms. The molecule has 3 N–H and O–H groups in total. The number of hydrogen-bond acceptors (Lipinski definition) is 3. The Morgan fingerprint density at radius 1 is 1.12 bits per heavy atom. The van der Waals surface area contributed by atoms with E-state index in [4.69, 9.17) is 4.74 Å². The number of nitrogens with one attached hydrogen (secondary N) is 3. The highest BCUT2D eigenvalue weighted by atomic mass is 16.5. The van der Waals surface area contributed by atoms with Crippen LogP contribution in [-0.4, -0.2) is 38.1 Å². The van der Waals surface area contributed by atoms with E-state index in [2.05, 4.69) is 33.1 Å². The van der Waals surface area contributed by atoms with E-state index in [1.165, 1.54) is 5.56 Å². The van der Waals surface area contributed by atoms with E-state index in [9.17, 15) is 4.79 Å². The van der Waals surface area contributed by atoms with Crippen molar-refractivity contribution in [2.24, 2.45) is 10.9 Å². The Bertz CT molecular complexity index is 570. The van der Waals surface area contributed by atoms with Crippen molar-refractivity contribution in [3.63, 3.8) is 0 Å². The van der Waals surface area contributed by atoms with Gasteiger partial charge in [0.05, 0.1) is 13.2 Å². The summed E-state index contributed by atoms with van der Waals surface area (Å²) in [7, 11) is 0. The molecule has 2 rings (SSSR count). The van der Waals surface area contributed by atoms with Crippen LogP contribution in [0.15, 0.2) is 29.3 Å². The van der Waals surface area contributed by atoms with Gasteiger partial charge in [-0.1, -0.05) is 24.3 Å². The first-order valence-corrected chi connectivity index (χ1v) is 9.19. The van der Waals surface area contributed by atoms with Crippen LogP contribution in [0.25, 0.3) is 0 Å². The van der Waals surface area contributed by atoms with E-state index in [0.717, 1.165) is 30.9 Å². The Morgan fingerprint density at radius 2 is 1.84 bits per heavy atom. The molecule has 1 aromatic carbocycles. The molecule has 0 unspecified atom stereocenters. The van der Waals surface area contributed by atoms with Crippen molar-refractivity contribution in [1.29, 1.82) is 0 Å². The number of rotatable bonds is 10. The molecule has 0 aromatic heterocycles. The monoisotopic (exact) mass is 346 g/mol. The Kier molecular flexibility index (Phi) is 8.25. The lowest BCUT2D eigenvalue weighted by Gasteiger charge is -2.13. The molecule has 6 heteroatoms. The van der Waals surface area contributed by atoms with Crippen molar-refractivity contribution in [3.05, 3.63) is 35.4 Å². The summed E-state index contributed by atoms with van der Waals surface area (Å²) in [6.45, 7) is 8.00. The van der Waals surface area contributed by atoms with Gasteiger partial charge in [0.15, 0.2) is 5.96 Å². The molecule has 0 spiro atoms.